The molecule has 0 aliphatic rings. The van der Waals surface area contributed by atoms with E-state index in [2.05, 4.69) is 0 Å². The van der Waals surface area contributed by atoms with Gasteiger partial charge in [0.2, 0.25) is 0 Å². The summed E-state index contributed by atoms with van der Waals surface area (Å²) in [5, 5.41) is 0.133. The van der Waals surface area contributed by atoms with Gasteiger partial charge >= 0.3 is 0 Å². The fourth-order valence-electron chi connectivity index (χ4n) is 1.62. The molecule has 0 bridgehead atoms. The van der Waals surface area contributed by atoms with Gasteiger partial charge in [-0.2, -0.15) is 0 Å². The van der Waals surface area contributed by atoms with Gasteiger partial charge in [-0.3, -0.25) is 0 Å². The van der Waals surface area contributed by atoms with Gasteiger partial charge in [0.25, 0.3) is 0 Å². The van der Waals surface area contributed by atoms with Crippen molar-refractivity contribution in [2.75, 3.05) is 13.7 Å². The first-order valence-corrected chi connectivity index (χ1v) is 5.60. The molecule has 0 radical (unpaired) electrons. The van der Waals surface area contributed by atoms with Crippen LogP contribution in [-0.4, -0.2) is 19.3 Å². The van der Waals surface area contributed by atoms with Gasteiger partial charge in [0.15, 0.2) is 0 Å². The molecule has 0 amide bonds. The van der Waals surface area contributed by atoms with Gasteiger partial charge in [-0.25, -0.2) is 4.39 Å². The summed E-state index contributed by atoms with van der Waals surface area (Å²) in [4.78, 5) is 0. The summed E-state index contributed by atoms with van der Waals surface area (Å²) in [6.45, 7) is 2.47. The van der Waals surface area contributed by atoms with Crippen LogP contribution in [0.25, 0.3) is 0 Å². The summed E-state index contributed by atoms with van der Waals surface area (Å²) in [5.41, 5.74) is 6.67. The number of rotatable bonds is 5. The fourth-order valence-corrected chi connectivity index (χ4v) is 1.82. The SMILES string of the molecule is CCC(N)(COC)Cc1ccc(F)c(Cl)c1. The van der Waals surface area contributed by atoms with Crippen LogP contribution in [0.1, 0.15) is 18.9 Å². The van der Waals surface area contributed by atoms with E-state index in [0.717, 1.165) is 12.0 Å². The minimum absolute atomic E-state index is 0.133. The van der Waals surface area contributed by atoms with E-state index in [0.29, 0.717) is 13.0 Å². The molecule has 0 aliphatic heterocycles. The van der Waals surface area contributed by atoms with Gasteiger partial charge in [-0.1, -0.05) is 24.6 Å². The Morgan fingerprint density at radius 1 is 1.50 bits per heavy atom. The Balaban J connectivity index is 2.81. The summed E-state index contributed by atoms with van der Waals surface area (Å²) < 4.78 is 18.1. The first-order valence-electron chi connectivity index (χ1n) is 5.22. The molecule has 4 heteroatoms. The van der Waals surface area contributed by atoms with Gasteiger partial charge in [-0.05, 0) is 30.5 Å². The number of ether oxygens (including phenoxy) is 1. The van der Waals surface area contributed by atoms with Crippen LogP contribution in [0.3, 0.4) is 0 Å². The highest BCUT2D eigenvalue weighted by Gasteiger charge is 2.23. The molecule has 16 heavy (non-hydrogen) atoms. The van der Waals surface area contributed by atoms with E-state index in [9.17, 15) is 4.39 Å². The molecule has 0 heterocycles. The predicted molar refractivity (Wildman–Crippen MR) is 64.2 cm³/mol. The quantitative estimate of drug-likeness (QED) is 0.866. The number of hydrogen-bond acceptors (Lipinski definition) is 2. The Morgan fingerprint density at radius 2 is 2.19 bits per heavy atom. The van der Waals surface area contributed by atoms with Crippen LogP contribution in [0.2, 0.25) is 5.02 Å². The van der Waals surface area contributed by atoms with Crippen LogP contribution in [0.5, 0.6) is 0 Å². The van der Waals surface area contributed by atoms with Crippen molar-refractivity contribution in [3.05, 3.63) is 34.6 Å². The Labute approximate surface area is 101 Å². The second-order valence-electron chi connectivity index (χ2n) is 4.07. The lowest BCUT2D eigenvalue weighted by molar-refractivity contribution is 0.129. The maximum Gasteiger partial charge on any atom is 0.141 e. The molecule has 1 atom stereocenters. The zero-order chi connectivity index (χ0) is 12.2. The summed E-state index contributed by atoms with van der Waals surface area (Å²) in [6, 6.07) is 4.68. The van der Waals surface area contributed by atoms with E-state index >= 15 is 0 Å². The highest BCUT2D eigenvalue weighted by atomic mass is 35.5. The van der Waals surface area contributed by atoms with Crippen molar-refractivity contribution in [2.24, 2.45) is 5.73 Å². The zero-order valence-corrected chi connectivity index (χ0v) is 10.4. The third-order valence-electron chi connectivity index (χ3n) is 2.68. The van der Waals surface area contributed by atoms with Gasteiger partial charge in [0, 0.05) is 12.6 Å². The van der Waals surface area contributed by atoms with Crippen molar-refractivity contribution in [2.45, 2.75) is 25.3 Å². The highest BCUT2D eigenvalue weighted by Crippen LogP contribution is 2.20. The highest BCUT2D eigenvalue weighted by molar-refractivity contribution is 6.30. The molecule has 1 unspecified atom stereocenters. The van der Waals surface area contributed by atoms with Gasteiger partial charge in [-0.15, -0.1) is 0 Å². The largest absolute Gasteiger partial charge is 0.383 e. The predicted octanol–water partition coefficient (Wildman–Crippen LogP) is 2.78. The summed E-state index contributed by atoms with van der Waals surface area (Å²) >= 11 is 5.72. The molecule has 0 saturated carbocycles. The van der Waals surface area contributed by atoms with Crippen LogP contribution in [0.4, 0.5) is 4.39 Å². The molecule has 1 rings (SSSR count). The minimum atomic E-state index is -0.421. The lowest BCUT2D eigenvalue weighted by Crippen LogP contribution is -2.45. The van der Waals surface area contributed by atoms with E-state index in [4.69, 9.17) is 22.1 Å². The van der Waals surface area contributed by atoms with Crippen molar-refractivity contribution in [1.29, 1.82) is 0 Å². The fraction of sp³-hybridized carbons (Fsp3) is 0.500. The third kappa shape index (κ3) is 3.44. The van der Waals surface area contributed by atoms with Crippen LogP contribution in [0, 0.1) is 5.82 Å². The molecule has 2 nitrogen and oxygen atoms in total. The van der Waals surface area contributed by atoms with E-state index in [1.807, 2.05) is 6.92 Å². The monoisotopic (exact) mass is 245 g/mol. The lowest BCUT2D eigenvalue weighted by Gasteiger charge is -2.27. The van der Waals surface area contributed by atoms with Gasteiger partial charge in [0.1, 0.15) is 5.82 Å². The van der Waals surface area contributed by atoms with E-state index in [1.165, 1.54) is 6.07 Å². The second kappa shape index (κ2) is 5.62. The lowest BCUT2D eigenvalue weighted by atomic mass is 9.90. The normalized spacial score (nSPS) is 14.8. The maximum atomic E-state index is 13.0. The van der Waals surface area contributed by atoms with Crippen LogP contribution in [-0.2, 0) is 11.2 Å². The molecule has 0 spiro atoms. The summed E-state index contributed by atoms with van der Waals surface area (Å²) in [5.74, 6) is -0.406. The van der Waals surface area contributed by atoms with E-state index in [1.54, 1.807) is 19.2 Å². The number of benzene rings is 1. The minimum Gasteiger partial charge on any atom is -0.383 e. The summed E-state index contributed by atoms with van der Waals surface area (Å²) in [7, 11) is 1.62. The van der Waals surface area contributed by atoms with Crippen molar-refractivity contribution in [3.8, 4) is 0 Å². The van der Waals surface area contributed by atoms with Gasteiger partial charge < -0.3 is 10.5 Å². The molecular formula is C12H17ClFNO. The molecule has 1 aromatic carbocycles. The Bertz CT molecular complexity index is 359. The molecule has 0 aromatic heterocycles. The Morgan fingerprint density at radius 3 is 2.69 bits per heavy atom. The smallest absolute Gasteiger partial charge is 0.141 e. The first kappa shape index (κ1) is 13.4. The molecule has 0 aliphatic carbocycles. The molecule has 2 N–H and O–H groups in total. The molecule has 90 valence electrons. The maximum absolute atomic E-state index is 13.0. The first-order chi connectivity index (χ1) is 7.50. The van der Waals surface area contributed by atoms with Crippen molar-refractivity contribution in [1.82, 2.24) is 0 Å². The zero-order valence-electron chi connectivity index (χ0n) is 9.59. The second-order valence-corrected chi connectivity index (χ2v) is 4.48. The van der Waals surface area contributed by atoms with Crippen LogP contribution < -0.4 is 5.73 Å². The number of methoxy groups -OCH3 is 1. The topological polar surface area (TPSA) is 35.2 Å². The third-order valence-corrected chi connectivity index (χ3v) is 2.97. The number of nitrogens with two attached hydrogens (primary N) is 1. The van der Waals surface area contributed by atoms with E-state index in [-0.39, 0.29) is 5.02 Å². The average Bonchev–Trinajstić information content (AvgIpc) is 2.24. The molecule has 1 aromatic rings. The Hall–Kier alpha value is -0.640. The van der Waals surface area contributed by atoms with Gasteiger partial charge in [0.05, 0.1) is 11.6 Å². The summed E-state index contributed by atoms with van der Waals surface area (Å²) in [6.07, 6.45) is 1.41. The molecule has 0 fully saturated rings. The van der Waals surface area contributed by atoms with Crippen LogP contribution >= 0.6 is 11.6 Å². The van der Waals surface area contributed by atoms with Crippen LogP contribution in [0.15, 0.2) is 18.2 Å². The Kier molecular flexibility index (Phi) is 4.71. The van der Waals surface area contributed by atoms with E-state index < -0.39 is 11.4 Å². The average molecular weight is 246 g/mol. The number of hydrogen-bond donors (Lipinski definition) is 1. The molecular weight excluding hydrogens is 229 g/mol. The molecule has 0 saturated heterocycles. The van der Waals surface area contributed by atoms with Crippen molar-refractivity contribution >= 4 is 11.6 Å². The van der Waals surface area contributed by atoms with Crippen molar-refractivity contribution in [3.63, 3.8) is 0 Å². The van der Waals surface area contributed by atoms with Crippen molar-refractivity contribution < 1.29 is 9.13 Å². The standard InChI is InChI=1S/C12H17ClFNO/c1-3-12(15,8-16-2)7-9-4-5-11(14)10(13)6-9/h4-6H,3,7-8,15H2,1-2H3. The number of halogens is 2.